The quantitative estimate of drug-likeness (QED) is 0.919. The van der Waals surface area contributed by atoms with Gasteiger partial charge in [-0.1, -0.05) is 32.9 Å². The lowest BCUT2D eigenvalue weighted by molar-refractivity contribution is -0.121. The number of benzene rings is 1. The predicted molar refractivity (Wildman–Crippen MR) is 88.4 cm³/mol. The summed E-state index contributed by atoms with van der Waals surface area (Å²) >= 11 is 0. The third-order valence-electron chi connectivity index (χ3n) is 4.45. The normalized spacial score (nSPS) is 24.6. The Kier molecular flexibility index (Phi) is 5.40. The number of nitrogens with zero attached hydrogens (tertiary/aromatic N) is 1. The third kappa shape index (κ3) is 4.31. The Morgan fingerprint density at radius 1 is 1.24 bits per heavy atom. The highest BCUT2D eigenvalue weighted by Crippen LogP contribution is 2.23. The monoisotopic (exact) mass is 288 g/mol. The number of likely N-dealkylation sites (tertiary alicyclic amines) is 1. The summed E-state index contributed by atoms with van der Waals surface area (Å²) in [5.41, 5.74) is 2.18. The number of nitrogens with one attached hydrogen (secondary N) is 1. The predicted octanol–water partition coefficient (Wildman–Crippen LogP) is 3.55. The van der Waals surface area contributed by atoms with Crippen molar-refractivity contribution in [1.29, 1.82) is 0 Å². The van der Waals surface area contributed by atoms with Crippen molar-refractivity contribution in [3.05, 3.63) is 29.8 Å². The van der Waals surface area contributed by atoms with Gasteiger partial charge in [-0.2, -0.15) is 0 Å². The summed E-state index contributed by atoms with van der Waals surface area (Å²) in [6, 6.07) is 8.06. The molecule has 1 aromatic carbocycles. The van der Waals surface area contributed by atoms with Gasteiger partial charge in [0.15, 0.2) is 0 Å². The largest absolute Gasteiger partial charge is 0.325 e. The fourth-order valence-corrected chi connectivity index (χ4v) is 3.26. The van der Waals surface area contributed by atoms with Crippen LogP contribution in [0.3, 0.4) is 0 Å². The Labute approximate surface area is 128 Å². The summed E-state index contributed by atoms with van der Waals surface area (Å²) in [6.45, 7) is 10.7. The molecule has 0 radical (unpaired) electrons. The lowest BCUT2D eigenvalue weighted by atomic mass is 9.91. The first-order valence-corrected chi connectivity index (χ1v) is 8.13. The van der Waals surface area contributed by atoms with Crippen LogP contribution in [0.5, 0.6) is 0 Å². The molecule has 0 aliphatic carbocycles. The summed E-state index contributed by atoms with van der Waals surface area (Å²) in [7, 11) is 0. The molecule has 1 aromatic rings. The minimum Gasteiger partial charge on any atom is -0.325 e. The molecule has 0 aromatic heterocycles. The summed E-state index contributed by atoms with van der Waals surface area (Å²) in [6.07, 6.45) is 2.29. The Morgan fingerprint density at radius 2 is 1.81 bits per heavy atom. The molecule has 0 spiro atoms. The van der Waals surface area contributed by atoms with Crippen LogP contribution in [0.4, 0.5) is 5.69 Å². The van der Waals surface area contributed by atoms with Crippen LogP contribution in [0.15, 0.2) is 24.3 Å². The minimum absolute atomic E-state index is 0.0685. The second-order valence-electron chi connectivity index (χ2n) is 6.62. The van der Waals surface area contributed by atoms with E-state index in [-0.39, 0.29) is 11.9 Å². The topological polar surface area (TPSA) is 32.3 Å². The van der Waals surface area contributed by atoms with E-state index in [2.05, 4.69) is 43.1 Å². The van der Waals surface area contributed by atoms with Crippen LogP contribution < -0.4 is 5.32 Å². The molecule has 2 rings (SSSR count). The van der Waals surface area contributed by atoms with Crippen LogP contribution in [0.1, 0.15) is 39.7 Å². The number of hydrogen-bond donors (Lipinski definition) is 1. The van der Waals surface area contributed by atoms with E-state index in [9.17, 15) is 4.79 Å². The van der Waals surface area contributed by atoms with Crippen LogP contribution in [-0.2, 0) is 11.2 Å². The number of aryl methyl sites for hydroxylation is 1. The lowest BCUT2D eigenvalue weighted by Crippen LogP contribution is -2.48. The molecule has 1 aliphatic rings. The van der Waals surface area contributed by atoms with Crippen molar-refractivity contribution in [3.8, 4) is 0 Å². The average Bonchev–Trinajstić information content (AvgIpc) is 2.46. The number of carbonyl (C=O) groups excluding carboxylic acids is 1. The van der Waals surface area contributed by atoms with E-state index >= 15 is 0 Å². The van der Waals surface area contributed by atoms with Gasteiger partial charge in [0.05, 0.1) is 6.04 Å². The molecule has 1 N–H and O–H groups in total. The number of hydrogen-bond acceptors (Lipinski definition) is 2. The van der Waals surface area contributed by atoms with Crippen molar-refractivity contribution in [1.82, 2.24) is 4.90 Å². The molecule has 1 amide bonds. The molecule has 116 valence electrons. The molecule has 3 heteroatoms. The van der Waals surface area contributed by atoms with Crippen molar-refractivity contribution >= 4 is 11.6 Å². The van der Waals surface area contributed by atoms with E-state index in [4.69, 9.17) is 0 Å². The van der Waals surface area contributed by atoms with E-state index in [0.29, 0.717) is 11.8 Å². The van der Waals surface area contributed by atoms with E-state index in [1.165, 1.54) is 12.0 Å². The zero-order valence-corrected chi connectivity index (χ0v) is 13.7. The van der Waals surface area contributed by atoms with Gasteiger partial charge >= 0.3 is 0 Å². The second kappa shape index (κ2) is 7.08. The summed E-state index contributed by atoms with van der Waals surface area (Å²) in [5, 5.41) is 3.04. The number of piperidine rings is 1. The molecule has 1 aliphatic heterocycles. The fourth-order valence-electron chi connectivity index (χ4n) is 3.26. The molecule has 0 saturated carbocycles. The number of anilines is 1. The average molecular weight is 288 g/mol. The van der Waals surface area contributed by atoms with Gasteiger partial charge in [-0.15, -0.1) is 0 Å². The van der Waals surface area contributed by atoms with Gasteiger partial charge in [0.25, 0.3) is 0 Å². The highest BCUT2D eigenvalue weighted by Gasteiger charge is 2.28. The van der Waals surface area contributed by atoms with E-state index in [1.807, 2.05) is 19.1 Å². The molecular formula is C18H28N2O. The van der Waals surface area contributed by atoms with Gasteiger partial charge in [-0.3, -0.25) is 9.69 Å². The van der Waals surface area contributed by atoms with E-state index < -0.39 is 0 Å². The van der Waals surface area contributed by atoms with Gasteiger partial charge < -0.3 is 5.32 Å². The first-order chi connectivity index (χ1) is 9.99. The zero-order valence-electron chi connectivity index (χ0n) is 13.7. The van der Waals surface area contributed by atoms with Crippen LogP contribution in [-0.4, -0.2) is 29.9 Å². The van der Waals surface area contributed by atoms with Gasteiger partial charge in [-0.05, 0) is 49.3 Å². The third-order valence-corrected chi connectivity index (χ3v) is 4.45. The number of amides is 1. The molecule has 1 heterocycles. The minimum atomic E-state index is -0.0685. The zero-order chi connectivity index (χ0) is 15.4. The lowest BCUT2D eigenvalue weighted by Gasteiger charge is -2.38. The van der Waals surface area contributed by atoms with E-state index in [1.54, 1.807) is 0 Å². The Hall–Kier alpha value is -1.35. The van der Waals surface area contributed by atoms with Crippen molar-refractivity contribution in [2.24, 2.45) is 11.8 Å². The van der Waals surface area contributed by atoms with Gasteiger partial charge in [0.2, 0.25) is 5.91 Å². The van der Waals surface area contributed by atoms with Crippen LogP contribution in [0.2, 0.25) is 0 Å². The highest BCUT2D eigenvalue weighted by molar-refractivity contribution is 5.94. The van der Waals surface area contributed by atoms with Gasteiger partial charge in [0, 0.05) is 18.8 Å². The van der Waals surface area contributed by atoms with Crippen molar-refractivity contribution in [3.63, 3.8) is 0 Å². The number of carbonyl (C=O) groups is 1. The van der Waals surface area contributed by atoms with Crippen molar-refractivity contribution in [2.45, 2.75) is 46.6 Å². The SMILES string of the molecule is CCc1ccc(NC(=O)C(C)N2CC(C)CC(C)C2)cc1. The van der Waals surface area contributed by atoms with E-state index in [0.717, 1.165) is 25.2 Å². The molecule has 21 heavy (non-hydrogen) atoms. The van der Waals surface area contributed by atoms with Crippen molar-refractivity contribution < 1.29 is 4.79 Å². The maximum absolute atomic E-state index is 12.4. The summed E-state index contributed by atoms with van der Waals surface area (Å²) in [4.78, 5) is 14.7. The molecule has 3 atom stereocenters. The highest BCUT2D eigenvalue weighted by atomic mass is 16.2. The molecular weight excluding hydrogens is 260 g/mol. The Balaban J connectivity index is 1.95. The summed E-state index contributed by atoms with van der Waals surface area (Å²) in [5.74, 6) is 1.45. The molecule has 3 nitrogen and oxygen atoms in total. The van der Waals surface area contributed by atoms with Gasteiger partial charge in [0.1, 0.15) is 0 Å². The molecule has 1 fully saturated rings. The molecule has 3 unspecified atom stereocenters. The van der Waals surface area contributed by atoms with Crippen LogP contribution >= 0.6 is 0 Å². The maximum atomic E-state index is 12.4. The number of rotatable bonds is 4. The smallest absolute Gasteiger partial charge is 0.241 e. The van der Waals surface area contributed by atoms with Crippen LogP contribution in [0.25, 0.3) is 0 Å². The first kappa shape index (κ1) is 16.0. The standard InChI is InChI=1S/C18H28N2O/c1-5-16-6-8-17(9-7-16)19-18(21)15(4)20-11-13(2)10-14(3)12-20/h6-9,13-15H,5,10-12H2,1-4H3,(H,19,21). The summed E-state index contributed by atoms with van der Waals surface area (Å²) < 4.78 is 0. The Morgan fingerprint density at radius 3 is 2.33 bits per heavy atom. The molecule has 0 bridgehead atoms. The van der Waals surface area contributed by atoms with Gasteiger partial charge in [-0.25, -0.2) is 0 Å². The maximum Gasteiger partial charge on any atom is 0.241 e. The Bertz CT molecular complexity index is 459. The van der Waals surface area contributed by atoms with Crippen molar-refractivity contribution in [2.75, 3.05) is 18.4 Å². The first-order valence-electron chi connectivity index (χ1n) is 8.13. The van der Waals surface area contributed by atoms with Crippen LogP contribution in [0, 0.1) is 11.8 Å². The second-order valence-corrected chi connectivity index (χ2v) is 6.62. The fraction of sp³-hybridized carbons (Fsp3) is 0.611. The molecule has 1 saturated heterocycles.